The number of alkyl carbamates (subject to hydrolysis) is 1. The van der Waals surface area contributed by atoms with Gasteiger partial charge in [0.2, 0.25) is 5.91 Å². The van der Waals surface area contributed by atoms with Crippen molar-refractivity contribution in [3.63, 3.8) is 0 Å². The molecule has 1 aromatic rings. The minimum Gasteiger partial charge on any atom is -0.445 e. The third-order valence-electron chi connectivity index (χ3n) is 3.83. The molecule has 1 aromatic carbocycles. The minimum absolute atomic E-state index is 0.0386. The van der Waals surface area contributed by atoms with Crippen LogP contribution in [0, 0.1) is 0 Å². The van der Waals surface area contributed by atoms with E-state index in [1.165, 1.54) is 0 Å². The number of amides is 2. The Bertz CT molecular complexity index is 599. The molecule has 0 aromatic heterocycles. The Morgan fingerprint density at radius 3 is 2.46 bits per heavy atom. The van der Waals surface area contributed by atoms with Gasteiger partial charge >= 0.3 is 6.09 Å². The molecule has 0 aliphatic carbocycles. The Morgan fingerprint density at radius 2 is 1.81 bits per heavy atom. The Balaban J connectivity index is 1.75. The molecule has 0 radical (unpaired) electrons. The SMILES string of the molecule is O=C(CNC(=O)OCc1ccccc1)N[C@H]1[C@@H](O)[C@H](O)[C@@H](CO)O[C@H]1O. The Labute approximate surface area is 149 Å². The fourth-order valence-electron chi connectivity index (χ4n) is 2.42. The van der Waals surface area contributed by atoms with Crippen molar-refractivity contribution in [3.05, 3.63) is 35.9 Å². The zero-order valence-electron chi connectivity index (χ0n) is 13.8. The molecule has 10 heteroatoms. The van der Waals surface area contributed by atoms with Crippen LogP contribution in [0.4, 0.5) is 4.79 Å². The van der Waals surface area contributed by atoms with Gasteiger partial charge in [-0.2, -0.15) is 0 Å². The van der Waals surface area contributed by atoms with Crippen LogP contribution in [0.5, 0.6) is 0 Å². The van der Waals surface area contributed by atoms with E-state index in [4.69, 9.17) is 14.6 Å². The Morgan fingerprint density at radius 1 is 1.12 bits per heavy atom. The van der Waals surface area contributed by atoms with Crippen LogP contribution in [-0.2, 0) is 20.9 Å². The number of carbonyl (C=O) groups is 2. The topological polar surface area (TPSA) is 158 Å². The van der Waals surface area contributed by atoms with E-state index in [1.54, 1.807) is 24.3 Å². The lowest BCUT2D eigenvalue weighted by atomic mass is 9.97. The quantitative estimate of drug-likeness (QED) is 0.330. The molecule has 1 aliphatic rings. The van der Waals surface area contributed by atoms with Gasteiger partial charge in [-0.1, -0.05) is 30.3 Å². The second kappa shape index (κ2) is 9.46. The maximum Gasteiger partial charge on any atom is 0.407 e. The van der Waals surface area contributed by atoms with Gasteiger partial charge in [0.05, 0.1) is 6.61 Å². The lowest BCUT2D eigenvalue weighted by Gasteiger charge is -2.40. The molecule has 0 saturated carbocycles. The number of aliphatic hydroxyl groups excluding tert-OH is 4. The molecule has 6 N–H and O–H groups in total. The number of aliphatic hydroxyl groups is 4. The van der Waals surface area contributed by atoms with Gasteiger partial charge < -0.3 is 40.5 Å². The van der Waals surface area contributed by atoms with Gasteiger partial charge in [-0.25, -0.2) is 4.79 Å². The Kier molecular flexibility index (Phi) is 7.30. The number of rotatable bonds is 6. The van der Waals surface area contributed by atoms with Gasteiger partial charge in [0, 0.05) is 0 Å². The van der Waals surface area contributed by atoms with Crippen LogP contribution in [0.15, 0.2) is 30.3 Å². The molecule has 26 heavy (non-hydrogen) atoms. The lowest BCUT2D eigenvalue weighted by Crippen LogP contribution is -2.64. The number of hydrogen-bond donors (Lipinski definition) is 6. The van der Waals surface area contributed by atoms with Crippen molar-refractivity contribution in [1.29, 1.82) is 0 Å². The molecular weight excluding hydrogens is 348 g/mol. The first-order valence-corrected chi connectivity index (χ1v) is 7.96. The molecule has 0 unspecified atom stereocenters. The van der Waals surface area contributed by atoms with Gasteiger partial charge in [0.15, 0.2) is 6.29 Å². The number of nitrogens with one attached hydrogen (secondary N) is 2. The monoisotopic (exact) mass is 370 g/mol. The fraction of sp³-hybridized carbons (Fsp3) is 0.500. The van der Waals surface area contributed by atoms with Gasteiger partial charge in [0.1, 0.15) is 37.5 Å². The van der Waals surface area contributed by atoms with Crippen LogP contribution in [0.3, 0.4) is 0 Å². The maximum absolute atomic E-state index is 11.8. The normalized spacial score (nSPS) is 28.2. The second-order valence-corrected chi connectivity index (χ2v) is 5.74. The van der Waals surface area contributed by atoms with Crippen LogP contribution in [-0.4, -0.2) is 76.2 Å². The molecule has 0 bridgehead atoms. The van der Waals surface area contributed by atoms with Crippen molar-refractivity contribution in [3.8, 4) is 0 Å². The largest absolute Gasteiger partial charge is 0.445 e. The predicted molar refractivity (Wildman–Crippen MR) is 86.5 cm³/mol. The summed E-state index contributed by atoms with van der Waals surface area (Å²) in [6, 6.07) is 7.65. The van der Waals surface area contributed by atoms with Crippen LogP contribution in [0.1, 0.15) is 5.56 Å². The summed E-state index contributed by atoms with van der Waals surface area (Å²) in [5.74, 6) is -0.733. The highest BCUT2D eigenvalue weighted by Gasteiger charge is 2.44. The summed E-state index contributed by atoms with van der Waals surface area (Å²) >= 11 is 0. The van der Waals surface area contributed by atoms with E-state index < -0.39 is 55.8 Å². The number of ether oxygens (including phenoxy) is 2. The summed E-state index contributed by atoms with van der Waals surface area (Å²) in [6.07, 6.45) is -6.65. The highest BCUT2D eigenvalue weighted by molar-refractivity contribution is 5.82. The van der Waals surface area contributed by atoms with E-state index in [9.17, 15) is 24.9 Å². The zero-order chi connectivity index (χ0) is 19.1. The van der Waals surface area contributed by atoms with Crippen molar-refractivity contribution in [1.82, 2.24) is 10.6 Å². The maximum atomic E-state index is 11.8. The molecule has 0 spiro atoms. The number of hydrogen-bond acceptors (Lipinski definition) is 8. The van der Waals surface area contributed by atoms with E-state index in [-0.39, 0.29) is 6.61 Å². The van der Waals surface area contributed by atoms with Gasteiger partial charge in [0.25, 0.3) is 0 Å². The molecule has 1 aliphatic heterocycles. The van der Waals surface area contributed by atoms with Crippen molar-refractivity contribution >= 4 is 12.0 Å². The highest BCUT2D eigenvalue weighted by Crippen LogP contribution is 2.19. The fourth-order valence-corrected chi connectivity index (χ4v) is 2.42. The van der Waals surface area contributed by atoms with Crippen LogP contribution >= 0.6 is 0 Å². The first-order valence-electron chi connectivity index (χ1n) is 7.96. The zero-order valence-corrected chi connectivity index (χ0v) is 13.8. The molecule has 1 heterocycles. The van der Waals surface area contributed by atoms with Crippen molar-refractivity contribution < 1.29 is 39.5 Å². The third kappa shape index (κ3) is 5.38. The second-order valence-electron chi connectivity index (χ2n) is 5.74. The minimum atomic E-state index is -1.63. The summed E-state index contributed by atoms with van der Waals surface area (Å²) in [5, 5.41) is 42.9. The lowest BCUT2D eigenvalue weighted by molar-refractivity contribution is -0.253. The van der Waals surface area contributed by atoms with E-state index in [1.807, 2.05) is 6.07 Å². The molecule has 10 nitrogen and oxygen atoms in total. The summed E-state index contributed by atoms with van der Waals surface area (Å²) in [4.78, 5) is 23.4. The summed E-state index contributed by atoms with van der Waals surface area (Å²) in [7, 11) is 0. The van der Waals surface area contributed by atoms with Gasteiger partial charge in [-0.05, 0) is 5.56 Å². The molecule has 1 fully saturated rings. The number of carbonyl (C=O) groups excluding carboxylic acids is 2. The molecular formula is C16H22N2O8. The van der Waals surface area contributed by atoms with Crippen molar-refractivity contribution in [2.24, 2.45) is 0 Å². The molecule has 144 valence electrons. The first-order chi connectivity index (χ1) is 12.4. The molecule has 5 atom stereocenters. The molecule has 2 amide bonds. The van der Waals surface area contributed by atoms with E-state index in [0.29, 0.717) is 0 Å². The van der Waals surface area contributed by atoms with Crippen LogP contribution in [0.2, 0.25) is 0 Å². The van der Waals surface area contributed by atoms with Crippen molar-refractivity contribution in [2.45, 2.75) is 37.3 Å². The summed E-state index contributed by atoms with van der Waals surface area (Å²) < 4.78 is 9.85. The third-order valence-corrected chi connectivity index (χ3v) is 3.83. The Hall–Kier alpha value is -2.24. The van der Waals surface area contributed by atoms with Crippen LogP contribution < -0.4 is 10.6 Å². The van der Waals surface area contributed by atoms with E-state index >= 15 is 0 Å². The highest BCUT2D eigenvalue weighted by atomic mass is 16.6. The smallest absolute Gasteiger partial charge is 0.407 e. The standard InChI is InChI=1S/C16H22N2O8/c19-7-10-13(21)14(22)12(15(23)26-10)18-11(20)6-17-16(24)25-8-9-4-2-1-3-5-9/h1-5,10,12-15,19,21-23H,6-8H2,(H,17,24)(H,18,20)/t10-,12+,13-,14-,15-/m1/s1. The van der Waals surface area contributed by atoms with Crippen molar-refractivity contribution in [2.75, 3.05) is 13.2 Å². The molecule has 2 rings (SSSR count). The van der Waals surface area contributed by atoms with E-state index in [0.717, 1.165) is 5.56 Å². The number of benzene rings is 1. The predicted octanol–water partition coefficient (Wildman–Crippen LogP) is -2.17. The molecule has 1 saturated heterocycles. The average Bonchev–Trinajstić information content (AvgIpc) is 2.65. The van der Waals surface area contributed by atoms with Gasteiger partial charge in [-0.3, -0.25) is 4.79 Å². The van der Waals surface area contributed by atoms with Crippen LogP contribution in [0.25, 0.3) is 0 Å². The summed E-state index contributed by atoms with van der Waals surface area (Å²) in [5.41, 5.74) is 0.783. The van der Waals surface area contributed by atoms with Gasteiger partial charge in [-0.15, -0.1) is 0 Å². The van der Waals surface area contributed by atoms with E-state index in [2.05, 4.69) is 10.6 Å². The first kappa shape index (κ1) is 20.1. The summed E-state index contributed by atoms with van der Waals surface area (Å²) in [6.45, 7) is -1.04. The average molecular weight is 370 g/mol.